The van der Waals surface area contributed by atoms with Gasteiger partial charge in [0.2, 0.25) is 17.7 Å². The number of rotatable bonds is 14. The Kier molecular flexibility index (Phi) is 12.8. The van der Waals surface area contributed by atoms with Crippen molar-refractivity contribution in [1.29, 1.82) is 0 Å². The number of unbranched alkanes of at least 4 members (excludes halogenated alkanes) is 6. The first-order valence-electron chi connectivity index (χ1n) is 15.4. The molecule has 3 rings (SSSR count). The van der Waals surface area contributed by atoms with Crippen molar-refractivity contribution in [3.8, 4) is 22.8 Å². The molecule has 1 aromatic carbocycles. The van der Waals surface area contributed by atoms with E-state index in [1.165, 1.54) is 4.90 Å². The molecular formula is C34H48N4O4S. The first kappa shape index (κ1) is 34.3. The summed E-state index contributed by atoms with van der Waals surface area (Å²) in [6.45, 7) is 9.62. The molecule has 0 radical (unpaired) electrons. The molecule has 1 aromatic heterocycles. The van der Waals surface area contributed by atoms with Gasteiger partial charge in [-0.05, 0) is 43.2 Å². The zero-order valence-electron chi connectivity index (χ0n) is 26.3. The molecule has 1 unspecified atom stereocenters. The van der Waals surface area contributed by atoms with Gasteiger partial charge in [0.25, 0.3) is 0 Å². The first-order chi connectivity index (χ1) is 20.4. The number of nitrogens with zero attached hydrogens (tertiary/aromatic N) is 2. The van der Waals surface area contributed by atoms with Crippen LogP contribution >= 0.6 is 11.3 Å². The summed E-state index contributed by atoms with van der Waals surface area (Å²) in [5.74, 6) is 1.82. The van der Waals surface area contributed by atoms with Gasteiger partial charge in [-0.3, -0.25) is 14.4 Å². The summed E-state index contributed by atoms with van der Waals surface area (Å²) >= 11 is 1.59. The fourth-order valence-electron chi connectivity index (χ4n) is 5.47. The van der Waals surface area contributed by atoms with E-state index < -0.39 is 23.6 Å². The van der Waals surface area contributed by atoms with Crippen molar-refractivity contribution < 1.29 is 19.5 Å². The summed E-state index contributed by atoms with van der Waals surface area (Å²) < 4.78 is 0. The Hall–Kier alpha value is -3.22. The van der Waals surface area contributed by atoms with Gasteiger partial charge in [-0.15, -0.1) is 23.7 Å². The molecule has 1 aliphatic heterocycles. The van der Waals surface area contributed by atoms with Crippen LogP contribution in [-0.4, -0.2) is 57.4 Å². The lowest BCUT2D eigenvalue weighted by molar-refractivity contribution is -0.144. The van der Waals surface area contributed by atoms with Crippen LogP contribution in [0.3, 0.4) is 0 Å². The number of aliphatic hydroxyl groups is 1. The lowest BCUT2D eigenvalue weighted by Crippen LogP contribution is -2.57. The lowest BCUT2D eigenvalue weighted by Gasteiger charge is -2.35. The van der Waals surface area contributed by atoms with Crippen molar-refractivity contribution in [2.75, 3.05) is 6.54 Å². The second-order valence-corrected chi connectivity index (χ2v) is 13.6. The smallest absolute Gasteiger partial charge is 0.246 e. The minimum atomic E-state index is -0.819. The molecular weight excluding hydrogens is 560 g/mol. The second-order valence-electron chi connectivity index (χ2n) is 12.7. The number of amides is 3. The zero-order chi connectivity index (χ0) is 31.6. The standard InChI is InChI=1S/C34H48N4O4S/c1-7-8-9-10-11-12-13-14-15-29(40)37-31(34(4,5)6)33(42)38-21-27(39)20-28(38)32(41)36-23(2)25-16-18-26(19-17-25)30-24(3)35-22-43-30/h1,16-19,22-23,27-28,31,39H,8-15,20-21H2,2-6H3,(H,36,41)(H,37,40)/t23-,27+,28-,31?/m0/s1. The highest BCUT2D eigenvalue weighted by Gasteiger charge is 2.44. The molecule has 2 heterocycles. The molecule has 8 nitrogen and oxygen atoms in total. The van der Waals surface area contributed by atoms with Crippen LogP contribution in [0.4, 0.5) is 0 Å². The zero-order valence-corrected chi connectivity index (χ0v) is 27.1. The Bertz CT molecular complexity index is 1260. The number of likely N-dealkylation sites (tertiary alicyclic amines) is 1. The molecule has 1 saturated heterocycles. The van der Waals surface area contributed by atoms with E-state index in [1.54, 1.807) is 11.3 Å². The Labute approximate surface area is 261 Å². The number of thiazole rings is 1. The molecule has 1 fully saturated rings. The van der Waals surface area contributed by atoms with Gasteiger partial charge in [-0.1, -0.05) is 70.7 Å². The number of aryl methyl sites for hydroxylation is 1. The van der Waals surface area contributed by atoms with Crippen molar-refractivity contribution in [2.24, 2.45) is 5.41 Å². The minimum Gasteiger partial charge on any atom is -0.391 e. The van der Waals surface area contributed by atoms with Gasteiger partial charge in [0.05, 0.1) is 28.2 Å². The number of β-amino-alcohol motifs (C(OH)–C–C–N with tert-alkyl or cyclic N) is 1. The van der Waals surface area contributed by atoms with Crippen molar-refractivity contribution in [3.05, 3.63) is 41.0 Å². The van der Waals surface area contributed by atoms with Crippen LogP contribution in [0.5, 0.6) is 0 Å². The number of hydrogen-bond donors (Lipinski definition) is 3. The average Bonchev–Trinajstić information content (AvgIpc) is 3.57. The van der Waals surface area contributed by atoms with Crippen LogP contribution in [0, 0.1) is 24.7 Å². The number of aromatic nitrogens is 1. The average molecular weight is 609 g/mol. The maximum Gasteiger partial charge on any atom is 0.246 e. The third kappa shape index (κ3) is 9.90. The molecule has 0 spiro atoms. The highest BCUT2D eigenvalue weighted by molar-refractivity contribution is 7.13. The van der Waals surface area contributed by atoms with Gasteiger partial charge >= 0.3 is 0 Å². The van der Waals surface area contributed by atoms with Crippen LogP contribution in [0.1, 0.15) is 103 Å². The Morgan fingerprint density at radius 1 is 1.09 bits per heavy atom. The molecule has 1 aliphatic rings. The summed E-state index contributed by atoms with van der Waals surface area (Å²) in [5, 5.41) is 16.5. The minimum absolute atomic E-state index is 0.0519. The van der Waals surface area contributed by atoms with Gasteiger partial charge in [-0.2, -0.15) is 0 Å². The van der Waals surface area contributed by atoms with Gasteiger partial charge in [-0.25, -0.2) is 4.98 Å². The number of aliphatic hydroxyl groups excluding tert-OH is 1. The van der Waals surface area contributed by atoms with Crippen LogP contribution in [0.15, 0.2) is 29.8 Å². The van der Waals surface area contributed by atoms with Crippen LogP contribution < -0.4 is 10.6 Å². The normalized spacial score (nSPS) is 18.1. The van der Waals surface area contributed by atoms with Gasteiger partial charge in [0.15, 0.2) is 0 Å². The number of carbonyl (C=O) groups is 3. The molecule has 9 heteroatoms. The third-order valence-corrected chi connectivity index (χ3v) is 9.01. The second kappa shape index (κ2) is 16.0. The molecule has 0 bridgehead atoms. The summed E-state index contributed by atoms with van der Waals surface area (Å²) in [4.78, 5) is 47.0. The SMILES string of the molecule is C#CCCCCCCCCC(=O)NC(C(=O)N1C[C@H](O)C[C@H]1C(=O)N[C@@H](C)c1ccc(-c2scnc2C)cc1)C(C)(C)C. The highest BCUT2D eigenvalue weighted by Crippen LogP contribution is 2.29. The molecule has 2 aromatic rings. The predicted molar refractivity (Wildman–Crippen MR) is 172 cm³/mol. The first-order valence-corrected chi connectivity index (χ1v) is 16.3. The van der Waals surface area contributed by atoms with Crippen LogP contribution in [0.25, 0.3) is 10.4 Å². The van der Waals surface area contributed by atoms with E-state index in [9.17, 15) is 19.5 Å². The molecule has 43 heavy (non-hydrogen) atoms. The van der Waals surface area contributed by atoms with Crippen molar-refractivity contribution in [1.82, 2.24) is 20.5 Å². The van der Waals surface area contributed by atoms with Gasteiger partial charge < -0.3 is 20.6 Å². The highest BCUT2D eigenvalue weighted by atomic mass is 32.1. The van der Waals surface area contributed by atoms with E-state index in [2.05, 4.69) is 21.5 Å². The maximum atomic E-state index is 13.8. The number of terminal acetylenes is 1. The fraction of sp³-hybridized carbons (Fsp3) is 0.588. The summed E-state index contributed by atoms with van der Waals surface area (Å²) in [6.07, 6.45) is 11.8. The largest absolute Gasteiger partial charge is 0.391 e. The molecule has 3 amide bonds. The molecule has 0 saturated carbocycles. The van der Waals surface area contributed by atoms with Crippen molar-refractivity contribution in [2.45, 2.75) is 117 Å². The van der Waals surface area contributed by atoms with E-state index in [1.807, 2.05) is 64.4 Å². The van der Waals surface area contributed by atoms with Gasteiger partial charge in [0.1, 0.15) is 12.1 Å². The van der Waals surface area contributed by atoms with Crippen LogP contribution in [0.2, 0.25) is 0 Å². The van der Waals surface area contributed by atoms with Gasteiger partial charge in [0, 0.05) is 25.8 Å². The number of benzene rings is 1. The van der Waals surface area contributed by atoms with Crippen LogP contribution in [-0.2, 0) is 14.4 Å². The van der Waals surface area contributed by atoms with E-state index >= 15 is 0 Å². The monoisotopic (exact) mass is 608 g/mol. The summed E-state index contributed by atoms with van der Waals surface area (Å²) in [7, 11) is 0. The van der Waals surface area contributed by atoms with E-state index in [4.69, 9.17) is 6.42 Å². The molecule has 0 aliphatic carbocycles. The number of nitrogens with one attached hydrogen (secondary N) is 2. The van der Waals surface area contributed by atoms with Crippen molar-refractivity contribution in [3.63, 3.8) is 0 Å². The number of hydrogen-bond acceptors (Lipinski definition) is 6. The molecule has 234 valence electrons. The topological polar surface area (TPSA) is 112 Å². The predicted octanol–water partition coefficient (Wildman–Crippen LogP) is 5.54. The molecule has 3 N–H and O–H groups in total. The van der Waals surface area contributed by atoms with E-state index in [0.29, 0.717) is 6.42 Å². The number of carbonyl (C=O) groups excluding carboxylic acids is 3. The van der Waals surface area contributed by atoms with Crippen molar-refractivity contribution >= 4 is 29.1 Å². The maximum absolute atomic E-state index is 13.8. The van der Waals surface area contributed by atoms with E-state index in [-0.39, 0.29) is 36.7 Å². The Morgan fingerprint density at radius 2 is 1.74 bits per heavy atom. The third-order valence-electron chi connectivity index (χ3n) is 8.04. The summed E-state index contributed by atoms with van der Waals surface area (Å²) in [5.41, 5.74) is 4.24. The summed E-state index contributed by atoms with van der Waals surface area (Å²) in [6, 6.07) is 6.07. The Morgan fingerprint density at radius 3 is 2.35 bits per heavy atom. The lowest BCUT2D eigenvalue weighted by atomic mass is 9.85. The fourth-order valence-corrected chi connectivity index (χ4v) is 6.28. The Balaban J connectivity index is 1.59. The quantitative estimate of drug-likeness (QED) is 0.193. The molecule has 4 atom stereocenters. The van der Waals surface area contributed by atoms with E-state index in [0.717, 1.165) is 66.6 Å².